The van der Waals surface area contributed by atoms with Crippen LogP contribution in [0.1, 0.15) is 31.1 Å². The standard InChI is InChI=1S/C12H13Cl3FNO3S/c1-5(2)6(3)17-12(18)7-4-8(16)10(14)11(9(7)13)21(15,19)20/h4-6H,1-3H3,(H,17,18). The zero-order valence-corrected chi connectivity index (χ0v) is 14.5. The van der Waals surface area contributed by atoms with Gasteiger partial charge < -0.3 is 5.32 Å². The van der Waals surface area contributed by atoms with E-state index in [1.807, 2.05) is 13.8 Å². The van der Waals surface area contributed by atoms with Crippen molar-refractivity contribution in [1.29, 1.82) is 0 Å². The van der Waals surface area contributed by atoms with E-state index in [2.05, 4.69) is 5.32 Å². The van der Waals surface area contributed by atoms with Crippen LogP contribution in [0.25, 0.3) is 0 Å². The summed E-state index contributed by atoms with van der Waals surface area (Å²) < 4.78 is 36.6. The number of rotatable bonds is 4. The molecule has 9 heteroatoms. The fraction of sp³-hybridized carbons (Fsp3) is 0.417. The van der Waals surface area contributed by atoms with Gasteiger partial charge in [-0.05, 0) is 18.9 Å². The summed E-state index contributed by atoms with van der Waals surface area (Å²) in [5, 5.41) is 1.33. The molecule has 0 radical (unpaired) electrons. The first kappa shape index (κ1) is 18.5. The minimum Gasteiger partial charge on any atom is -0.349 e. The Labute approximate surface area is 137 Å². The molecule has 1 amide bonds. The molecule has 0 aliphatic heterocycles. The van der Waals surface area contributed by atoms with Crippen LogP contribution in [0.4, 0.5) is 4.39 Å². The summed E-state index contributed by atoms with van der Waals surface area (Å²) >= 11 is 11.4. The lowest BCUT2D eigenvalue weighted by molar-refractivity contribution is 0.0930. The molecule has 1 unspecified atom stereocenters. The molecule has 1 aromatic carbocycles. The van der Waals surface area contributed by atoms with E-state index in [1.54, 1.807) is 6.92 Å². The fourth-order valence-electron chi connectivity index (χ4n) is 1.41. The highest BCUT2D eigenvalue weighted by Gasteiger charge is 2.28. The molecule has 1 rings (SSSR count). The number of amides is 1. The maximum absolute atomic E-state index is 13.7. The van der Waals surface area contributed by atoms with Gasteiger partial charge in [-0.1, -0.05) is 37.0 Å². The minimum atomic E-state index is -4.40. The largest absolute Gasteiger partial charge is 0.349 e. The molecule has 21 heavy (non-hydrogen) atoms. The predicted molar refractivity (Wildman–Crippen MR) is 81.2 cm³/mol. The molecule has 1 N–H and O–H groups in total. The van der Waals surface area contributed by atoms with Gasteiger partial charge in [-0.25, -0.2) is 12.8 Å². The lowest BCUT2D eigenvalue weighted by Crippen LogP contribution is -2.36. The smallest absolute Gasteiger partial charge is 0.264 e. The normalized spacial score (nSPS) is 13.3. The second kappa shape index (κ2) is 6.69. The van der Waals surface area contributed by atoms with E-state index in [9.17, 15) is 17.6 Å². The van der Waals surface area contributed by atoms with Crippen molar-refractivity contribution < 1.29 is 17.6 Å². The van der Waals surface area contributed by atoms with Crippen LogP contribution in [-0.2, 0) is 9.05 Å². The minimum absolute atomic E-state index is 0.126. The van der Waals surface area contributed by atoms with Crippen molar-refractivity contribution in [3.63, 3.8) is 0 Å². The van der Waals surface area contributed by atoms with Crippen LogP contribution in [0, 0.1) is 11.7 Å². The number of nitrogens with one attached hydrogen (secondary N) is 1. The number of halogens is 4. The Morgan fingerprint density at radius 2 is 1.76 bits per heavy atom. The van der Waals surface area contributed by atoms with E-state index < -0.39 is 35.7 Å². The summed E-state index contributed by atoms with van der Waals surface area (Å²) in [5.41, 5.74) is -0.342. The highest BCUT2D eigenvalue weighted by molar-refractivity contribution is 8.14. The van der Waals surface area contributed by atoms with Crippen LogP contribution in [0.15, 0.2) is 11.0 Å². The maximum Gasteiger partial charge on any atom is 0.264 e. The van der Waals surface area contributed by atoms with E-state index in [-0.39, 0.29) is 17.5 Å². The topological polar surface area (TPSA) is 63.2 Å². The Balaban J connectivity index is 3.40. The molecule has 0 saturated carbocycles. The van der Waals surface area contributed by atoms with Crippen LogP contribution < -0.4 is 5.32 Å². The van der Waals surface area contributed by atoms with Crippen molar-refractivity contribution in [2.75, 3.05) is 0 Å². The molecule has 0 fully saturated rings. The Kier molecular flexibility index (Phi) is 5.89. The van der Waals surface area contributed by atoms with E-state index in [0.717, 1.165) is 6.07 Å². The molecule has 1 aromatic rings. The van der Waals surface area contributed by atoms with Gasteiger partial charge in [0, 0.05) is 16.7 Å². The molecule has 0 bridgehead atoms. The summed E-state index contributed by atoms with van der Waals surface area (Å²) in [6, 6.07) is 0.557. The average Bonchev–Trinajstić information content (AvgIpc) is 2.31. The summed E-state index contributed by atoms with van der Waals surface area (Å²) in [6.45, 7) is 5.51. The van der Waals surface area contributed by atoms with E-state index >= 15 is 0 Å². The van der Waals surface area contributed by atoms with Gasteiger partial charge in [0.2, 0.25) is 0 Å². The van der Waals surface area contributed by atoms with Crippen LogP contribution in [0.2, 0.25) is 10.0 Å². The van der Waals surface area contributed by atoms with Crippen molar-refractivity contribution in [3.05, 3.63) is 27.5 Å². The number of carbonyl (C=O) groups excluding carboxylic acids is 1. The lowest BCUT2D eigenvalue weighted by atomic mass is 10.1. The molecule has 1 atom stereocenters. The Bertz CT molecular complexity index is 677. The van der Waals surface area contributed by atoms with E-state index in [1.165, 1.54) is 0 Å². The molecule has 0 aliphatic carbocycles. The second-order valence-electron chi connectivity index (χ2n) is 4.81. The summed E-state index contributed by atoms with van der Waals surface area (Å²) in [6.07, 6.45) is 0. The molecular formula is C12H13Cl3FNO3S. The highest BCUT2D eigenvalue weighted by atomic mass is 35.7. The fourth-order valence-corrected chi connectivity index (χ4v) is 3.79. The van der Waals surface area contributed by atoms with Crippen molar-refractivity contribution in [1.82, 2.24) is 5.32 Å². The Morgan fingerprint density at radius 3 is 2.19 bits per heavy atom. The SMILES string of the molecule is CC(C)C(C)NC(=O)c1cc(F)c(Cl)c(S(=O)(=O)Cl)c1Cl. The molecule has 0 aromatic heterocycles. The molecule has 0 spiro atoms. The molecule has 118 valence electrons. The van der Waals surface area contributed by atoms with Gasteiger partial charge in [0.1, 0.15) is 10.7 Å². The van der Waals surface area contributed by atoms with Gasteiger partial charge in [0.05, 0.1) is 15.6 Å². The third kappa shape index (κ3) is 4.22. The lowest BCUT2D eigenvalue weighted by Gasteiger charge is -2.18. The summed E-state index contributed by atoms with van der Waals surface area (Å²) in [5.74, 6) is -1.68. The van der Waals surface area contributed by atoms with E-state index in [4.69, 9.17) is 33.9 Å². The molecule has 4 nitrogen and oxygen atoms in total. The zero-order chi connectivity index (χ0) is 16.5. The third-order valence-corrected chi connectivity index (χ3v) is 5.31. The summed E-state index contributed by atoms with van der Waals surface area (Å²) in [4.78, 5) is 11.3. The molecule has 0 saturated heterocycles. The van der Waals surface area contributed by atoms with Gasteiger partial charge in [0.25, 0.3) is 15.0 Å². The van der Waals surface area contributed by atoms with Crippen molar-refractivity contribution >= 4 is 48.8 Å². The average molecular weight is 377 g/mol. The third-order valence-electron chi connectivity index (χ3n) is 2.96. The van der Waals surface area contributed by atoms with Crippen molar-refractivity contribution in [2.24, 2.45) is 5.92 Å². The Hall–Kier alpha value is -0.560. The summed E-state index contributed by atoms with van der Waals surface area (Å²) in [7, 11) is 0.780. The number of benzene rings is 1. The van der Waals surface area contributed by atoms with Crippen molar-refractivity contribution in [2.45, 2.75) is 31.7 Å². The monoisotopic (exact) mass is 375 g/mol. The maximum atomic E-state index is 13.7. The number of carbonyl (C=O) groups is 1. The number of hydrogen-bond acceptors (Lipinski definition) is 3. The van der Waals surface area contributed by atoms with Gasteiger partial charge in [0.15, 0.2) is 0 Å². The van der Waals surface area contributed by atoms with Gasteiger partial charge in [-0.3, -0.25) is 4.79 Å². The molecule has 0 aliphatic rings. The van der Waals surface area contributed by atoms with Crippen molar-refractivity contribution in [3.8, 4) is 0 Å². The second-order valence-corrected chi connectivity index (χ2v) is 8.07. The molecular weight excluding hydrogens is 364 g/mol. The van der Waals surface area contributed by atoms with Crippen LogP contribution >= 0.6 is 33.9 Å². The zero-order valence-electron chi connectivity index (χ0n) is 11.4. The van der Waals surface area contributed by atoms with Gasteiger partial charge >= 0.3 is 0 Å². The number of hydrogen-bond donors (Lipinski definition) is 1. The first-order valence-corrected chi connectivity index (χ1v) is 8.96. The Morgan fingerprint density at radius 1 is 1.24 bits per heavy atom. The highest BCUT2D eigenvalue weighted by Crippen LogP contribution is 2.36. The molecule has 0 heterocycles. The quantitative estimate of drug-likeness (QED) is 0.641. The predicted octanol–water partition coefficient (Wildman–Crippen LogP) is 3.83. The van der Waals surface area contributed by atoms with Crippen LogP contribution in [0.5, 0.6) is 0 Å². The first-order valence-electron chi connectivity index (χ1n) is 5.89. The first-order chi connectivity index (χ1) is 9.46. The van der Waals surface area contributed by atoms with Gasteiger partial charge in [-0.2, -0.15) is 0 Å². The van der Waals surface area contributed by atoms with Crippen LogP contribution in [-0.4, -0.2) is 20.4 Å². The van der Waals surface area contributed by atoms with Crippen LogP contribution in [0.3, 0.4) is 0 Å². The van der Waals surface area contributed by atoms with Gasteiger partial charge in [-0.15, -0.1) is 0 Å². The van der Waals surface area contributed by atoms with E-state index in [0.29, 0.717) is 0 Å².